The Hall–Kier alpha value is -0.0800. The molecule has 14 heavy (non-hydrogen) atoms. The first-order chi connectivity index (χ1) is 6.72. The topological polar surface area (TPSA) is 15.3 Å². The zero-order valence-corrected chi connectivity index (χ0v) is 10.1. The van der Waals surface area contributed by atoms with Gasteiger partial charge >= 0.3 is 0 Å². The first-order valence-corrected chi connectivity index (χ1v) is 6.15. The van der Waals surface area contributed by atoms with E-state index >= 15 is 0 Å². The van der Waals surface area contributed by atoms with E-state index in [0.29, 0.717) is 0 Å². The van der Waals surface area contributed by atoms with Gasteiger partial charge in [-0.05, 0) is 57.4 Å². The van der Waals surface area contributed by atoms with Gasteiger partial charge in [-0.3, -0.25) is 0 Å². The summed E-state index contributed by atoms with van der Waals surface area (Å²) in [5.74, 6) is 1.71. The fourth-order valence-electron chi connectivity index (χ4n) is 2.08. The molecule has 0 amide bonds. The molecule has 0 spiro atoms. The van der Waals surface area contributed by atoms with Crippen molar-refractivity contribution in [3.05, 3.63) is 0 Å². The van der Waals surface area contributed by atoms with Gasteiger partial charge in [-0.1, -0.05) is 20.8 Å². The fraction of sp³-hybridized carbons (Fsp3) is 1.00. The van der Waals surface area contributed by atoms with Gasteiger partial charge in [0.2, 0.25) is 0 Å². The highest BCUT2D eigenvalue weighted by Crippen LogP contribution is 2.15. The van der Waals surface area contributed by atoms with E-state index in [9.17, 15) is 0 Å². The first kappa shape index (κ1) is 12.0. The van der Waals surface area contributed by atoms with E-state index in [1.165, 1.54) is 45.6 Å². The fourth-order valence-corrected chi connectivity index (χ4v) is 2.08. The van der Waals surface area contributed by atoms with Crippen LogP contribution in [0.15, 0.2) is 0 Å². The number of nitrogens with zero attached hydrogens (tertiary/aromatic N) is 1. The highest BCUT2D eigenvalue weighted by Gasteiger charge is 2.17. The monoisotopic (exact) mass is 198 g/mol. The highest BCUT2D eigenvalue weighted by molar-refractivity contribution is 4.73. The zero-order valence-electron chi connectivity index (χ0n) is 10.1. The molecular formula is C12H26N2. The predicted molar refractivity (Wildman–Crippen MR) is 62.5 cm³/mol. The predicted octanol–water partition coefficient (Wildman–Crippen LogP) is 1.96. The molecule has 0 bridgehead atoms. The van der Waals surface area contributed by atoms with Crippen LogP contribution in [-0.4, -0.2) is 37.6 Å². The third kappa shape index (κ3) is 4.43. The molecule has 1 aliphatic rings. The molecule has 1 N–H and O–H groups in total. The smallest absolute Gasteiger partial charge is 0.00157 e. The Bertz CT molecular complexity index is 137. The normalized spacial score (nSPS) is 20.6. The van der Waals surface area contributed by atoms with Crippen molar-refractivity contribution in [1.82, 2.24) is 10.2 Å². The minimum atomic E-state index is 0.783. The van der Waals surface area contributed by atoms with E-state index in [2.05, 4.69) is 31.0 Å². The summed E-state index contributed by atoms with van der Waals surface area (Å²) in [5.41, 5.74) is 0. The molecule has 0 saturated carbocycles. The molecule has 0 aromatic rings. The Morgan fingerprint density at radius 2 is 1.93 bits per heavy atom. The summed E-state index contributed by atoms with van der Waals surface area (Å²) in [5, 5.41) is 3.57. The maximum Gasteiger partial charge on any atom is -0.00157 e. The molecule has 1 saturated heterocycles. The quantitative estimate of drug-likeness (QED) is 0.726. The molecule has 84 valence electrons. The number of rotatable bonds is 5. The standard InChI is InChI=1S/C12H26N2/c1-4-14-7-5-12(6-8-14)10-13-9-11(2)3/h11-13H,4-10H2,1-3H3. The zero-order chi connectivity index (χ0) is 10.4. The highest BCUT2D eigenvalue weighted by atomic mass is 15.1. The van der Waals surface area contributed by atoms with Crippen molar-refractivity contribution in [3.8, 4) is 0 Å². The van der Waals surface area contributed by atoms with Crippen molar-refractivity contribution in [1.29, 1.82) is 0 Å². The second kappa shape index (κ2) is 6.41. The summed E-state index contributed by atoms with van der Waals surface area (Å²) < 4.78 is 0. The van der Waals surface area contributed by atoms with Crippen molar-refractivity contribution < 1.29 is 0 Å². The second-order valence-electron chi connectivity index (χ2n) is 4.93. The first-order valence-electron chi connectivity index (χ1n) is 6.15. The van der Waals surface area contributed by atoms with Gasteiger partial charge < -0.3 is 10.2 Å². The minimum Gasteiger partial charge on any atom is -0.316 e. The van der Waals surface area contributed by atoms with Gasteiger partial charge in [0, 0.05) is 0 Å². The van der Waals surface area contributed by atoms with Crippen LogP contribution in [0.2, 0.25) is 0 Å². The van der Waals surface area contributed by atoms with Gasteiger partial charge in [-0.15, -0.1) is 0 Å². The molecule has 0 aliphatic carbocycles. The lowest BCUT2D eigenvalue weighted by Gasteiger charge is -2.31. The van der Waals surface area contributed by atoms with Crippen LogP contribution in [0.4, 0.5) is 0 Å². The molecule has 2 nitrogen and oxygen atoms in total. The molecular weight excluding hydrogens is 172 g/mol. The van der Waals surface area contributed by atoms with Crippen molar-refractivity contribution in [3.63, 3.8) is 0 Å². The lowest BCUT2D eigenvalue weighted by Crippen LogP contribution is -2.37. The van der Waals surface area contributed by atoms with Crippen LogP contribution in [0.5, 0.6) is 0 Å². The van der Waals surface area contributed by atoms with Gasteiger partial charge in [0.25, 0.3) is 0 Å². The van der Waals surface area contributed by atoms with Crippen LogP contribution < -0.4 is 5.32 Å². The van der Waals surface area contributed by atoms with Gasteiger partial charge in [0.1, 0.15) is 0 Å². The van der Waals surface area contributed by atoms with Crippen LogP contribution in [0, 0.1) is 11.8 Å². The van der Waals surface area contributed by atoms with Crippen molar-refractivity contribution in [2.45, 2.75) is 33.6 Å². The average Bonchev–Trinajstić information content (AvgIpc) is 2.18. The minimum absolute atomic E-state index is 0.783. The maximum absolute atomic E-state index is 3.57. The third-order valence-electron chi connectivity index (χ3n) is 3.14. The molecule has 1 rings (SSSR count). The van der Waals surface area contributed by atoms with Crippen molar-refractivity contribution in [2.24, 2.45) is 11.8 Å². The molecule has 1 aliphatic heterocycles. The van der Waals surface area contributed by atoms with Crippen LogP contribution in [0.3, 0.4) is 0 Å². The van der Waals surface area contributed by atoms with E-state index < -0.39 is 0 Å². The Labute approximate surface area is 89.1 Å². The largest absolute Gasteiger partial charge is 0.316 e. The Morgan fingerprint density at radius 1 is 1.29 bits per heavy atom. The van der Waals surface area contributed by atoms with Crippen LogP contribution in [0.25, 0.3) is 0 Å². The summed E-state index contributed by atoms with van der Waals surface area (Å²) in [6.45, 7) is 13.1. The van der Waals surface area contributed by atoms with Crippen molar-refractivity contribution >= 4 is 0 Å². The molecule has 0 aromatic carbocycles. The molecule has 2 heteroatoms. The molecule has 1 fully saturated rings. The Balaban J connectivity index is 2.04. The third-order valence-corrected chi connectivity index (χ3v) is 3.14. The Kier molecular flexibility index (Phi) is 5.49. The summed E-state index contributed by atoms with van der Waals surface area (Å²) in [7, 11) is 0. The summed E-state index contributed by atoms with van der Waals surface area (Å²) >= 11 is 0. The maximum atomic E-state index is 3.57. The van der Waals surface area contributed by atoms with Crippen LogP contribution >= 0.6 is 0 Å². The second-order valence-corrected chi connectivity index (χ2v) is 4.93. The van der Waals surface area contributed by atoms with E-state index in [0.717, 1.165) is 11.8 Å². The van der Waals surface area contributed by atoms with E-state index in [4.69, 9.17) is 0 Å². The summed E-state index contributed by atoms with van der Waals surface area (Å²) in [6.07, 6.45) is 2.78. The lowest BCUT2D eigenvalue weighted by molar-refractivity contribution is 0.189. The number of hydrogen-bond donors (Lipinski definition) is 1. The number of likely N-dealkylation sites (tertiary alicyclic amines) is 1. The number of nitrogens with one attached hydrogen (secondary N) is 1. The molecule has 0 aromatic heterocycles. The summed E-state index contributed by atoms with van der Waals surface area (Å²) in [4.78, 5) is 2.55. The molecule has 0 radical (unpaired) electrons. The van der Waals surface area contributed by atoms with E-state index in [1.807, 2.05) is 0 Å². The SMILES string of the molecule is CCN1CCC(CNCC(C)C)CC1. The summed E-state index contributed by atoms with van der Waals surface area (Å²) in [6, 6.07) is 0. The van der Waals surface area contributed by atoms with Crippen LogP contribution in [-0.2, 0) is 0 Å². The lowest BCUT2D eigenvalue weighted by atomic mass is 9.97. The average molecular weight is 198 g/mol. The Morgan fingerprint density at radius 3 is 2.43 bits per heavy atom. The van der Waals surface area contributed by atoms with Gasteiger partial charge in [-0.2, -0.15) is 0 Å². The number of hydrogen-bond acceptors (Lipinski definition) is 2. The van der Waals surface area contributed by atoms with Crippen LogP contribution in [0.1, 0.15) is 33.6 Å². The van der Waals surface area contributed by atoms with E-state index in [1.54, 1.807) is 0 Å². The molecule has 0 atom stereocenters. The van der Waals surface area contributed by atoms with Gasteiger partial charge in [0.15, 0.2) is 0 Å². The van der Waals surface area contributed by atoms with Gasteiger partial charge in [-0.25, -0.2) is 0 Å². The number of piperidine rings is 1. The molecule has 1 heterocycles. The van der Waals surface area contributed by atoms with Gasteiger partial charge in [0.05, 0.1) is 0 Å². The molecule has 0 unspecified atom stereocenters. The van der Waals surface area contributed by atoms with Crippen molar-refractivity contribution in [2.75, 3.05) is 32.7 Å². The van der Waals surface area contributed by atoms with E-state index in [-0.39, 0.29) is 0 Å².